The standard InChI is InChI=1S/C7H10N2OS/c1-5-4-6(10)9-2-3-11-7(9)8-5/h5H,2-4H2,1H3/t5-/m1/s1. The Morgan fingerprint density at radius 3 is 3.36 bits per heavy atom. The van der Waals surface area contributed by atoms with Crippen molar-refractivity contribution < 1.29 is 4.79 Å². The summed E-state index contributed by atoms with van der Waals surface area (Å²) in [5.74, 6) is 1.25. The summed E-state index contributed by atoms with van der Waals surface area (Å²) in [4.78, 5) is 17.5. The number of hydrogen-bond donors (Lipinski definition) is 0. The first-order valence-corrected chi connectivity index (χ1v) is 4.77. The van der Waals surface area contributed by atoms with Gasteiger partial charge in [0.25, 0.3) is 0 Å². The van der Waals surface area contributed by atoms with Crippen LogP contribution in [0.3, 0.4) is 0 Å². The van der Waals surface area contributed by atoms with Crippen LogP contribution in [0.15, 0.2) is 4.99 Å². The van der Waals surface area contributed by atoms with Gasteiger partial charge in [0, 0.05) is 18.7 Å². The highest BCUT2D eigenvalue weighted by Gasteiger charge is 2.30. The largest absolute Gasteiger partial charge is 0.291 e. The van der Waals surface area contributed by atoms with E-state index in [1.165, 1.54) is 0 Å². The van der Waals surface area contributed by atoms with Gasteiger partial charge in [0.15, 0.2) is 5.17 Å². The van der Waals surface area contributed by atoms with Gasteiger partial charge in [0.1, 0.15) is 0 Å². The van der Waals surface area contributed by atoms with Gasteiger partial charge < -0.3 is 0 Å². The Balaban J connectivity index is 2.27. The van der Waals surface area contributed by atoms with Crippen LogP contribution in [0.4, 0.5) is 0 Å². The molecule has 1 atom stereocenters. The molecule has 4 heteroatoms. The molecule has 0 aromatic heterocycles. The summed E-state index contributed by atoms with van der Waals surface area (Å²) in [5.41, 5.74) is 0. The van der Waals surface area contributed by atoms with E-state index in [2.05, 4.69) is 4.99 Å². The molecule has 0 spiro atoms. The Morgan fingerprint density at radius 1 is 1.73 bits per heavy atom. The van der Waals surface area contributed by atoms with Crippen LogP contribution < -0.4 is 0 Å². The van der Waals surface area contributed by atoms with Crippen molar-refractivity contribution in [3.05, 3.63) is 0 Å². The van der Waals surface area contributed by atoms with Gasteiger partial charge in [0.2, 0.25) is 5.91 Å². The zero-order valence-electron chi connectivity index (χ0n) is 6.41. The Bertz CT molecular complexity index is 226. The molecule has 3 nitrogen and oxygen atoms in total. The number of nitrogens with zero attached hydrogens (tertiary/aromatic N) is 2. The highest BCUT2D eigenvalue weighted by molar-refractivity contribution is 8.14. The number of hydrogen-bond acceptors (Lipinski definition) is 3. The minimum atomic E-state index is 0.194. The molecule has 0 bridgehead atoms. The van der Waals surface area contributed by atoms with Gasteiger partial charge in [-0.3, -0.25) is 14.7 Å². The maximum Gasteiger partial charge on any atom is 0.230 e. The van der Waals surface area contributed by atoms with E-state index in [9.17, 15) is 4.79 Å². The lowest BCUT2D eigenvalue weighted by molar-refractivity contribution is -0.127. The maximum absolute atomic E-state index is 11.3. The average Bonchev–Trinajstić information content (AvgIpc) is 2.34. The molecule has 0 aromatic carbocycles. The highest BCUT2D eigenvalue weighted by Crippen LogP contribution is 2.24. The average molecular weight is 170 g/mol. The summed E-state index contributed by atoms with van der Waals surface area (Å²) in [6, 6.07) is 0.194. The topological polar surface area (TPSA) is 32.7 Å². The fourth-order valence-electron chi connectivity index (χ4n) is 1.34. The molecule has 0 unspecified atom stereocenters. The summed E-state index contributed by atoms with van der Waals surface area (Å²) >= 11 is 1.69. The molecule has 2 aliphatic heterocycles. The van der Waals surface area contributed by atoms with Gasteiger partial charge in [-0.05, 0) is 6.92 Å². The van der Waals surface area contributed by atoms with Gasteiger partial charge in [-0.2, -0.15) is 0 Å². The predicted octanol–water partition coefficient (Wildman–Crippen LogP) is 0.710. The van der Waals surface area contributed by atoms with Gasteiger partial charge >= 0.3 is 0 Å². The molecular weight excluding hydrogens is 160 g/mol. The predicted molar refractivity (Wildman–Crippen MR) is 45.7 cm³/mol. The fourth-order valence-corrected chi connectivity index (χ4v) is 2.40. The van der Waals surface area contributed by atoms with Gasteiger partial charge in [-0.15, -0.1) is 0 Å². The lowest BCUT2D eigenvalue weighted by Gasteiger charge is -2.22. The van der Waals surface area contributed by atoms with Crippen molar-refractivity contribution in [2.24, 2.45) is 4.99 Å². The number of amidine groups is 1. The lowest BCUT2D eigenvalue weighted by Crippen LogP contribution is -2.37. The van der Waals surface area contributed by atoms with E-state index in [-0.39, 0.29) is 11.9 Å². The Morgan fingerprint density at radius 2 is 2.55 bits per heavy atom. The molecule has 1 amide bonds. The second-order valence-electron chi connectivity index (χ2n) is 2.86. The van der Waals surface area contributed by atoms with E-state index in [0.29, 0.717) is 6.42 Å². The van der Waals surface area contributed by atoms with E-state index in [4.69, 9.17) is 0 Å². The number of rotatable bonds is 0. The zero-order valence-corrected chi connectivity index (χ0v) is 7.23. The monoisotopic (exact) mass is 170 g/mol. The lowest BCUT2D eigenvalue weighted by atomic mass is 10.2. The summed E-state index contributed by atoms with van der Waals surface area (Å²) in [5, 5.41) is 0.939. The van der Waals surface area contributed by atoms with E-state index in [1.54, 1.807) is 16.7 Å². The van der Waals surface area contributed by atoms with Crippen molar-refractivity contribution >= 4 is 22.8 Å². The number of thioether (sulfide) groups is 1. The third kappa shape index (κ3) is 1.15. The van der Waals surface area contributed by atoms with Crippen molar-refractivity contribution in [3.8, 4) is 0 Å². The molecule has 0 N–H and O–H groups in total. The van der Waals surface area contributed by atoms with Crippen LogP contribution in [-0.4, -0.2) is 34.3 Å². The molecular formula is C7H10N2OS. The number of carbonyl (C=O) groups is 1. The van der Waals surface area contributed by atoms with E-state index in [0.717, 1.165) is 17.5 Å². The second kappa shape index (κ2) is 2.52. The minimum absolute atomic E-state index is 0.194. The van der Waals surface area contributed by atoms with Crippen LogP contribution in [0, 0.1) is 0 Å². The molecule has 11 heavy (non-hydrogen) atoms. The smallest absolute Gasteiger partial charge is 0.230 e. The second-order valence-corrected chi connectivity index (χ2v) is 3.92. The van der Waals surface area contributed by atoms with E-state index < -0.39 is 0 Å². The molecule has 1 saturated heterocycles. The first-order valence-electron chi connectivity index (χ1n) is 3.78. The van der Waals surface area contributed by atoms with Crippen molar-refractivity contribution in [2.45, 2.75) is 19.4 Å². The molecule has 0 radical (unpaired) electrons. The van der Waals surface area contributed by atoms with Crippen LogP contribution in [0.1, 0.15) is 13.3 Å². The van der Waals surface area contributed by atoms with Crippen molar-refractivity contribution in [2.75, 3.05) is 12.3 Å². The number of fused-ring (bicyclic) bond motifs is 1. The summed E-state index contributed by atoms with van der Waals surface area (Å²) in [7, 11) is 0. The van der Waals surface area contributed by atoms with E-state index in [1.807, 2.05) is 6.92 Å². The number of amides is 1. The summed E-state index contributed by atoms with van der Waals surface area (Å²) in [6.07, 6.45) is 0.587. The molecule has 0 aliphatic carbocycles. The summed E-state index contributed by atoms with van der Waals surface area (Å²) < 4.78 is 0. The SMILES string of the molecule is C[C@@H]1CC(=O)N2CCSC2=N1. The van der Waals surface area contributed by atoms with Crippen molar-refractivity contribution in [3.63, 3.8) is 0 Å². The van der Waals surface area contributed by atoms with E-state index >= 15 is 0 Å². The van der Waals surface area contributed by atoms with Gasteiger partial charge in [-0.25, -0.2) is 0 Å². The Kier molecular flexibility index (Phi) is 1.64. The normalized spacial score (nSPS) is 30.3. The van der Waals surface area contributed by atoms with Gasteiger partial charge in [0.05, 0.1) is 6.04 Å². The molecule has 2 rings (SSSR count). The molecule has 1 fully saturated rings. The fraction of sp³-hybridized carbons (Fsp3) is 0.714. The third-order valence-corrected chi connectivity index (χ3v) is 2.85. The van der Waals surface area contributed by atoms with Crippen LogP contribution in [-0.2, 0) is 4.79 Å². The van der Waals surface area contributed by atoms with Crippen molar-refractivity contribution in [1.29, 1.82) is 0 Å². The van der Waals surface area contributed by atoms with Crippen LogP contribution in [0.25, 0.3) is 0 Å². The Hall–Kier alpha value is -0.510. The van der Waals surface area contributed by atoms with Crippen LogP contribution in [0.5, 0.6) is 0 Å². The first kappa shape index (κ1) is 7.16. The molecule has 0 saturated carbocycles. The first-order chi connectivity index (χ1) is 5.27. The maximum atomic E-state index is 11.3. The molecule has 2 heterocycles. The number of aliphatic imine (C=N–C) groups is 1. The molecule has 0 aromatic rings. The molecule has 60 valence electrons. The highest BCUT2D eigenvalue weighted by atomic mass is 32.2. The van der Waals surface area contributed by atoms with Gasteiger partial charge in [-0.1, -0.05) is 11.8 Å². The molecule has 2 aliphatic rings. The Labute approximate surface area is 69.9 Å². The van der Waals surface area contributed by atoms with Crippen LogP contribution in [0.2, 0.25) is 0 Å². The van der Waals surface area contributed by atoms with Crippen LogP contribution >= 0.6 is 11.8 Å². The third-order valence-electron chi connectivity index (χ3n) is 1.88. The minimum Gasteiger partial charge on any atom is -0.291 e. The van der Waals surface area contributed by atoms with Crippen molar-refractivity contribution in [1.82, 2.24) is 4.90 Å². The number of carbonyl (C=O) groups excluding carboxylic acids is 1. The quantitative estimate of drug-likeness (QED) is 0.536. The summed E-state index contributed by atoms with van der Waals surface area (Å²) in [6.45, 7) is 2.84. The zero-order chi connectivity index (χ0) is 7.84.